The molecule has 106 valence electrons. The van der Waals surface area contributed by atoms with Crippen molar-refractivity contribution in [3.8, 4) is 0 Å². The second kappa shape index (κ2) is 6.38. The van der Waals surface area contributed by atoms with E-state index in [1.165, 1.54) is 0 Å². The molecule has 18 heavy (non-hydrogen) atoms. The molecule has 0 bridgehead atoms. The molecule has 5 nitrogen and oxygen atoms in total. The number of hydrogen-bond acceptors (Lipinski definition) is 3. The average molecular weight is 257 g/mol. The maximum absolute atomic E-state index is 11.8. The van der Waals surface area contributed by atoms with Gasteiger partial charge in [-0.05, 0) is 13.5 Å². The summed E-state index contributed by atoms with van der Waals surface area (Å²) >= 11 is 0. The van der Waals surface area contributed by atoms with E-state index in [1.807, 2.05) is 18.7 Å². The summed E-state index contributed by atoms with van der Waals surface area (Å²) < 4.78 is 5.90. The molecule has 0 N–H and O–H groups in total. The molecule has 2 rings (SSSR count). The first-order valence-corrected chi connectivity index (χ1v) is 6.81. The molecule has 0 aromatic heterocycles. The number of carbonyl (C=O) groups excluding carboxylic acids is 1. The van der Waals surface area contributed by atoms with E-state index in [4.69, 9.17) is 4.74 Å². The second-order valence-electron chi connectivity index (χ2n) is 5.12. The van der Waals surface area contributed by atoms with E-state index in [0.717, 1.165) is 39.2 Å². The minimum absolute atomic E-state index is 0.0914. The number of ether oxygens (including phenoxy) is 1. The number of likely N-dealkylation sites (tertiary alicyclic amines) is 1. The zero-order valence-corrected chi connectivity index (χ0v) is 12.4. The van der Waals surface area contributed by atoms with Crippen LogP contribution in [-0.2, 0) is 4.74 Å². The molecule has 2 aliphatic rings. The Kier molecular flexibility index (Phi) is 5.41. The third kappa shape index (κ3) is 3.36. The van der Waals surface area contributed by atoms with Crippen molar-refractivity contribution in [1.29, 1.82) is 0 Å². The fourth-order valence-electron chi connectivity index (χ4n) is 2.57. The molecule has 2 heterocycles. The lowest BCUT2D eigenvalue weighted by Gasteiger charge is -2.38. The monoisotopic (exact) mass is 257 g/mol. The minimum Gasteiger partial charge on any atom is -0.370 e. The van der Waals surface area contributed by atoms with Gasteiger partial charge in [0.2, 0.25) is 0 Å². The van der Waals surface area contributed by atoms with E-state index >= 15 is 0 Å². The molecule has 1 unspecified atom stereocenters. The molecule has 2 aliphatic heterocycles. The highest BCUT2D eigenvalue weighted by atomic mass is 16.5. The first-order chi connectivity index (χ1) is 8.52. The minimum atomic E-state index is -0.112. The van der Waals surface area contributed by atoms with Crippen LogP contribution in [0.4, 0.5) is 4.79 Å². The number of nitrogens with zero attached hydrogens (tertiary/aromatic N) is 3. The largest absolute Gasteiger partial charge is 0.370 e. The van der Waals surface area contributed by atoms with Crippen LogP contribution in [0.1, 0.15) is 20.3 Å². The number of rotatable bonds is 0. The Morgan fingerprint density at radius 2 is 1.89 bits per heavy atom. The smallest absolute Gasteiger partial charge is 0.319 e. The zero-order chi connectivity index (χ0) is 13.8. The normalized spacial score (nSPS) is 27.9. The van der Waals surface area contributed by atoms with Crippen molar-refractivity contribution in [1.82, 2.24) is 14.7 Å². The molecule has 5 heteroatoms. The highest BCUT2D eigenvalue weighted by Crippen LogP contribution is 2.29. The molecule has 0 saturated carbocycles. The third-order valence-electron chi connectivity index (χ3n) is 3.41. The zero-order valence-electron chi connectivity index (χ0n) is 12.4. The van der Waals surface area contributed by atoms with Gasteiger partial charge in [0.15, 0.2) is 0 Å². The Morgan fingerprint density at radius 3 is 2.44 bits per heavy atom. The number of likely N-dealkylation sites (N-methyl/N-ethyl adjacent to an activating group) is 1. The lowest BCUT2D eigenvalue weighted by Crippen LogP contribution is -2.52. The van der Waals surface area contributed by atoms with Gasteiger partial charge in [-0.15, -0.1) is 0 Å². The summed E-state index contributed by atoms with van der Waals surface area (Å²) in [6.45, 7) is 8.24. The maximum Gasteiger partial charge on any atom is 0.319 e. The van der Waals surface area contributed by atoms with Gasteiger partial charge in [-0.2, -0.15) is 0 Å². The number of amides is 2. The van der Waals surface area contributed by atoms with Crippen molar-refractivity contribution in [3.05, 3.63) is 0 Å². The first kappa shape index (κ1) is 15.2. The molecule has 1 spiro atoms. The van der Waals surface area contributed by atoms with E-state index in [2.05, 4.69) is 11.9 Å². The van der Waals surface area contributed by atoms with E-state index in [9.17, 15) is 4.79 Å². The molecule has 2 saturated heterocycles. The number of hydrogen-bond donors (Lipinski definition) is 0. The van der Waals surface area contributed by atoms with Gasteiger partial charge in [-0.25, -0.2) is 4.79 Å². The van der Waals surface area contributed by atoms with Gasteiger partial charge in [-0.3, -0.25) is 0 Å². The van der Waals surface area contributed by atoms with Crippen molar-refractivity contribution in [2.24, 2.45) is 0 Å². The molecule has 0 aliphatic carbocycles. The number of carbonyl (C=O) groups is 1. The van der Waals surface area contributed by atoms with Crippen molar-refractivity contribution >= 4 is 6.03 Å². The lowest BCUT2D eigenvalue weighted by atomic mass is 10.0. The van der Waals surface area contributed by atoms with Gasteiger partial charge >= 0.3 is 6.03 Å². The van der Waals surface area contributed by atoms with Crippen LogP contribution >= 0.6 is 0 Å². The predicted molar refractivity (Wildman–Crippen MR) is 72.8 cm³/mol. The van der Waals surface area contributed by atoms with Gasteiger partial charge < -0.3 is 19.4 Å². The Balaban J connectivity index is 0.000000771. The Morgan fingerprint density at radius 1 is 1.22 bits per heavy atom. The molecule has 2 fully saturated rings. The van der Waals surface area contributed by atoms with Crippen molar-refractivity contribution in [2.75, 3.05) is 53.9 Å². The summed E-state index contributed by atoms with van der Waals surface area (Å²) in [5, 5.41) is 0. The number of urea groups is 1. The van der Waals surface area contributed by atoms with Gasteiger partial charge in [0.25, 0.3) is 0 Å². The van der Waals surface area contributed by atoms with Crippen LogP contribution in [0.25, 0.3) is 0 Å². The summed E-state index contributed by atoms with van der Waals surface area (Å²) in [5.41, 5.74) is -0.112. The average Bonchev–Trinajstić information content (AvgIpc) is 2.74. The van der Waals surface area contributed by atoms with Crippen LogP contribution in [0.2, 0.25) is 0 Å². The molecule has 2 amide bonds. The molecular weight excluding hydrogens is 230 g/mol. The summed E-state index contributed by atoms with van der Waals surface area (Å²) in [4.78, 5) is 17.6. The standard InChI is InChI=1S/C11H21N3O2.C2H6/c1-12(2)10(15)14-5-4-11(9-14)8-13(3)6-7-16-11;1-2/h4-9H2,1-3H3;1-2H3. The fourth-order valence-corrected chi connectivity index (χ4v) is 2.57. The molecule has 1 atom stereocenters. The van der Waals surface area contributed by atoms with Gasteiger partial charge in [0, 0.05) is 33.7 Å². The third-order valence-corrected chi connectivity index (χ3v) is 3.41. The van der Waals surface area contributed by atoms with Crippen LogP contribution in [0.5, 0.6) is 0 Å². The Labute approximate surface area is 111 Å². The van der Waals surface area contributed by atoms with Crippen LogP contribution in [-0.4, -0.2) is 80.3 Å². The van der Waals surface area contributed by atoms with Crippen molar-refractivity contribution < 1.29 is 9.53 Å². The quantitative estimate of drug-likeness (QED) is 0.652. The molecule has 0 radical (unpaired) electrons. The fraction of sp³-hybridized carbons (Fsp3) is 0.923. The van der Waals surface area contributed by atoms with E-state index in [0.29, 0.717) is 0 Å². The van der Waals surface area contributed by atoms with Crippen molar-refractivity contribution in [2.45, 2.75) is 25.9 Å². The van der Waals surface area contributed by atoms with Crippen LogP contribution < -0.4 is 0 Å². The first-order valence-electron chi connectivity index (χ1n) is 6.81. The van der Waals surface area contributed by atoms with Crippen molar-refractivity contribution in [3.63, 3.8) is 0 Å². The van der Waals surface area contributed by atoms with Gasteiger partial charge in [0.05, 0.1) is 13.2 Å². The Bertz CT molecular complexity index is 283. The van der Waals surface area contributed by atoms with Crippen LogP contribution in [0.15, 0.2) is 0 Å². The summed E-state index contributed by atoms with van der Waals surface area (Å²) in [7, 11) is 5.70. The maximum atomic E-state index is 11.8. The summed E-state index contributed by atoms with van der Waals surface area (Å²) in [6.07, 6.45) is 0.955. The number of morpholine rings is 1. The summed E-state index contributed by atoms with van der Waals surface area (Å²) in [6, 6.07) is 0.0914. The molecule has 0 aromatic carbocycles. The molecular formula is C13H27N3O2. The summed E-state index contributed by atoms with van der Waals surface area (Å²) in [5.74, 6) is 0. The Hall–Kier alpha value is -0.810. The molecule has 0 aromatic rings. The second-order valence-corrected chi connectivity index (χ2v) is 5.12. The lowest BCUT2D eigenvalue weighted by molar-refractivity contribution is -0.0935. The van der Waals surface area contributed by atoms with E-state index in [-0.39, 0.29) is 11.6 Å². The highest BCUT2D eigenvalue weighted by molar-refractivity contribution is 5.74. The van der Waals surface area contributed by atoms with Gasteiger partial charge in [-0.1, -0.05) is 13.8 Å². The van der Waals surface area contributed by atoms with Crippen LogP contribution in [0, 0.1) is 0 Å². The van der Waals surface area contributed by atoms with E-state index in [1.54, 1.807) is 19.0 Å². The van der Waals surface area contributed by atoms with E-state index < -0.39 is 0 Å². The highest BCUT2D eigenvalue weighted by Gasteiger charge is 2.43. The topological polar surface area (TPSA) is 36.0 Å². The van der Waals surface area contributed by atoms with Crippen LogP contribution in [0.3, 0.4) is 0 Å². The van der Waals surface area contributed by atoms with Gasteiger partial charge in [0.1, 0.15) is 5.60 Å². The predicted octanol–water partition coefficient (Wildman–Crippen LogP) is 1.10. The SMILES string of the molecule is CC.CN1CCOC2(CCN(C(=O)N(C)C)C2)C1.